The van der Waals surface area contributed by atoms with E-state index in [9.17, 15) is 14.0 Å². The van der Waals surface area contributed by atoms with Gasteiger partial charge in [0.05, 0.1) is 5.92 Å². The van der Waals surface area contributed by atoms with Crippen LogP contribution in [0.15, 0.2) is 18.2 Å². The van der Waals surface area contributed by atoms with Crippen molar-refractivity contribution >= 4 is 17.5 Å². The summed E-state index contributed by atoms with van der Waals surface area (Å²) < 4.78 is 14.1. The van der Waals surface area contributed by atoms with Crippen molar-refractivity contribution in [2.24, 2.45) is 0 Å². The summed E-state index contributed by atoms with van der Waals surface area (Å²) in [6, 6.07) is 4.91. The summed E-state index contributed by atoms with van der Waals surface area (Å²) in [6.07, 6.45) is 0.625. The smallest absolute Gasteiger partial charge is 0.234 e. The number of benzene rings is 1. The molecule has 0 radical (unpaired) electrons. The molecule has 0 bridgehead atoms. The van der Waals surface area contributed by atoms with E-state index >= 15 is 0 Å². The highest BCUT2D eigenvalue weighted by atomic mass is 19.1. The van der Waals surface area contributed by atoms with E-state index in [0.717, 1.165) is 31.9 Å². The molecule has 0 spiro atoms. The summed E-state index contributed by atoms with van der Waals surface area (Å²) in [4.78, 5) is 25.3. The quantitative estimate of drug-likeness (QED) is 0.790. The van der Waals surface area contributed by atoms with Gasteiger partial charge < -0.3 is 10.2 Å². The number of rotatable bonds is 2. The highest BCUT2D eigenvalue weighted by Crippen LogP contribution is 2.30. The number of piperazine rings is 1. The van der Waals surface area contributed by atoms with Crippen molar-refractivity contribution in [2.45, 2.75) is 18.8 Å². The van der Waals surface area contributed by atoms with Crippen LogP contribution in [0.5, 0.6) is 0 Å². The Kier molecular flexibility index (Phi) is 3.88. The number of nitrogens with one attached hydrogen (secondary N) is 2. The monoisotopic (exact) mass is 291 g/mol. The number of hydrogen-bond donors (Lipinski definition) is 2. The molecular formula is C15H18FN3O2. The summed E-state index contributed by atoms with van der Waals surface area (Å²) in [6.45, 7) is 3.51. The van der Waals surface area contributed by atoms with Gasteiger partial charge in [0.15, 0.2) is 0 Å². The average molecular weight is 291 g/mol. The van der Waals surface area contributed by atoms with Crippen molar-refractivity contribution in [2.75, 3.05) is 31.1 Å². The summed E-state index contributed by atoms with van der Waals surface area (Å²) in [7, 11) is 0. The second-order valence-corrected chi connectivity index (χ2v) is 5.45. The SMILES string of the molecule is O=C1CCC(c2cc(N3CCNCC3)ccc2F)C(=O)N1. The molecule has 2 N–H and O–H groups in total. The fourth-order valence-corrected chi connectivity index (χ4v) is 2.91. The minimum Gasteiger partial charge on any atom is -0.369 e. The molecule has 2 aliphatic rings. The number of carbonyl (C=O) groups is 2. The number of nitrogens with zero attached hydrogens (tertiary/aromatic N) is 1. The van der Waals surface area contributed by atoms with E-state index in [1.807, 2.05) is 0 Å². The number of anilines is 1. The lowest BCUT2D eigenvalue weighted by atomic mass is 9.89. The molecule has 5 nitrogen and oxygen atoms in total. The van der Waals surface area contributed by atoms with Crippen molar-refractivity contribution in [3.63, 3.8) is 0 Å². The fourth-order valence-electron chi connectivity index (χ4n) is 2.91. The molecule has 112 valence electrons. The third kappa shape index (κ3) is 2.90. The van der Waals surface area contributed by atoms with E-state index in [2.05, 4.69) is 15.5 Å². The third-order valence-electron chi connectivity index (χ3n) is 4.08. The topological polar surface area (TPSA) is 61.4 Å². The van der Waals surface area contributed by atoms with E-state index in [-0.39, 0.29) is 18.1 Å². The lowest BCUT2D eigenvalue weighted by Gasteiger charge is -2.30. The standard InChI is InChI=1S/C15H18FN3O2/c16-13-3-1-10(19-7-5-17-6-8-19)9-12(13)11-2-4-14(20)18-15(11)21/h1,3,9,11,17H,2,4-8H2,(H,18,20,21). The van der Waals surface area contributed by atoms with Gasteiger partial charge in [-0.3, -0.25) is 14.9 Å². The molecule has 6 heteroatoms. The first kappa shape index (κ1) is 14.0. The molecule has 0 saturated carbocycles. The van der Waals surface area contributed by atoms with Gasteiger partial charge in [0.25, 0.3) is 0 Å². The molecule has 2 saturated heterocycles. The first-order valence-corrected chi connectivity index (χ1v) is 7.24. The van der Waals surface area contributed by atoms with E-state index in [0.29, 0.717) is 12.0 Å². The predicted octanol–water partition coefficient (Wildman–Crippen LogP) is 0.755. The van der Waals surface area contributed by atoms with Crippen LogP contribution in [0.3, 0.4) is 0 Å². The molecule has 1 unspecified atom stereocenters. The molecule has 21 heavy (non-hydrogen) atoms. The Balaban J connectivity index is 1.87. The molecule has 2 heterocycles. The van der Waals surface area contributed by atoms with Crippen molar-refractivity contribution in [1.82, 2.24) is 10.6 Å². The Labute approximate surface area is 122 Å². The second-order valence-electron chi connectivity index (χ2n) is 5.45. The normalized spacial score (nSPS) is 23.1. The zero-order chi connectivity index (χ0) is 14.8. The van der Waals surface area contributed by atoms with Crippen LogP contribution < -0.4 is 15.5 Å². The lowest BCUT2D eigenvalue weighted by molar-refractivity contribution is -0.134. The van der Waals surface area contributed by atoms with Crippen LogP contribution in [-0.4, -0.2) is 38.0 Å². The van der Waals surface area contributed by atoms with Crippen LogP contribution in [-0.2, 0) is 9.59 Å². The number of imide groups is 1. The van der Waals surface area contributed by atoms with Crippen molar-refractivity contribution < 1.29 is 14.0 Å². The Morgan fingerprint density at radius 1 is 1.19 bits per heavy atom. The van der Waals surface area contributed by atoms with Crippen LogP contribution in [0, 0.1) is 5.82 Å². The van der Waals surface area contributed by atoms with Crippen molar-refractivity contribution in [3.05, 3.63) is 29.6 Å². The molecule has 0 aromatic heterocycles. The largest absolute Gasteiger partial charge is 0.369 e. The molecule has 3 rings (SSSR count). The number of hydrogen-bond acceptors (Lipinski definition) is 4. The molecule has 1 atom stereocenters. The maximum Gasteiger partial charge on any atom is 0.234 e. The van der Waals surface area contributed by atoms with Gasteiger partial charge in [-0.15, -0.1) is 0 Å². The van der Waals surface area contributed by atoms with E-state index in [1.54, 1.807) is 12.1 Å². The van der Waals surface area contributed by atoms with E-state index in [4.69, 9.17) is 0 Å². The van der Waals surface area contributed by atoms with Crippen LogP contribution in [0.1, 0.15) is 24.3 Å². The molecule has 2 fully saturated rings. The van der Waals surface area contributed by atoms with Crippen LogP contribution >= 0.6 is 0 Å². The maximum absolute atomic E-state index is 14.1. The molecule has 0 aliphatic carbocycles. The average Bonchev–Trinajstić information content (AvgIpc) is 2.49. The van der Waals surface area contributed by atoms with Gasteiger partial charge in [-0.25, -0.2) is 4.39 Å². The van der Waals surface area contributed by atoms with Crippen molar-refractivity contribution in [3.8, 4) is 0 Å². The van der Waals surface area contributed by atoms with Crippen LogP contribution in [0.4, 0.5) is 10.1 Å². The molecule has 2 aliphatic heterocycles. The van der Waals surface area contributed by atoms with Gasteiger partial charge in [-0.2, -0.15) is 0 Å². The zero-order valence-electron chi connectivity index (χ0n) is 11.7. The molecule has 2 amide bonds. The number of carbonyl (C=O) groups excluding carboxylic acids is 2. The summed E-state index contributed by atoms with van der Waals surface area (Å²) in [5.74, 6) is -1.65. The zero-order valence-corrected chi connectivity index (χ0v) is 11.7. The lowest BCUT2D eigenvalue weighted by Crippen LogP contribution is -2.43. The second kappa shape index (κ2) is 5.81. The minimum absolute atomic E-state index is 0.258. The number of halogens is 1. The highest BCUT2D eigenvalue weighted by Gasteiger charge is 2.30. The summed E-state index contributed by atoms with van der Waals surface area (Å²) in [5.41, 5.74) is 1.31. The van der Waals surface area contributed by atoms with Gasteiger partial charge in [-0.1, -0.05) is 0 Å². The van der Waals surface area contributed by atoms with Gasteiger partial charge in [-0.05, 0) is 24.6 Å². The fraction of sp³-hybridized carbons (Fsp3) is 0.467. The van der Waals surface area contributed by atoms with Gasteiger partial charge in [0, 0.05) is 43.9 Å². The third-order valence-corrected chi connectivity index (χ3v) is 4.08. The Hall–Kier alpha value is -1.95. The van der Waals surface area contributed by atoms with Crippen LogP contribution in [0.25, 0.3) is 0 Å². The maximum atomic E-state index is 14.1. The Bertz CT molecular complexity index is 570. The molecular weight excluding hydrogens is 273 g/mol. The number of piperidine rings is 1. The summed E-state index contributed by atoms with van der Waals surface area (Å²) >= 11 is 0. The number of amides is 2. The van der Waals surface area contributed by atoms with Crippen molar-refractivity contribution in [1.29, 1.82) is 0 Å². The molecule has 1 aromatic rings. The van der Waals surface area contributed by atoms with Gasteiger partial charge in [0.1, 0.15) is 5.82 Å². The molecule has 1 aromatic carbocycles. The first-order chi connectivity index (χ1) is 10.1. The highest BCUT2D eigenvalue weighted by molar-refractivity contribution is 6.01. The van der Waals surface area contributed by atoms with E-state index < -0.39 is 11.8 Å². The predicted molar refractivity (Wildman–Crippen MR) is 76.6 cm³/mol. The van der Waals surface area contributed by atoms with Gasteiger partial charge >= 0.3 is 0 Å². The van der Waals surface area contributed by atoms with Gasteiger partial charge in [0.2, 0.25) is 11.8 Å². The Morgan fingerprint density at radius 3 is 2.67 bits per heavy atom. The first-order valence-electron chi connectivity index (χ1n) is 7.24. The van der Waals surface area contributed by atoms with E-state index in [1.165, 1.54) is 6.07 Å². The minimum atomic E-state index is -0.578. The Morgan fingerprint density at radius 2 is 1.95 bits per heavy atom. The van der Waals surface area contributed by atoms with Crippen LogP contribution in [0.2, 0.25) is 0 Å². The summed E-state index contributed by atoms with van der Waals surface area (Å²) in [5, 5.41) is 5.55.